The van der Waals surface area contributed by atoms with Crippen LogP contribution in [-0.4, -0.2) is 60.9 Å². The molecule has 12 heteroatoms. The van der Waals surface area contributed by atoms with E-state index in [2.05, 4.69) is 5.32 Å². The summed E-state index contributed by atoms with van der Waals surface area (Å²) in [6.45, 7) is 1.73. The highest BCUT2D eigenvalue weighted by atomic mass is 35.5. The Balaban J connectivity index is 1.41. The first-order valence-corrected chi connectivity index (χ1v) is 12.5. The summed E-state index contributed by atoms with van der Waals surface area (Å²) in [6.07, 6.45) is -3.63. The van der Waals surface area contributed by atoms with Crippen LogP contribution in [0.3, 0.4) is 0 Å². The molecule has 2 aliphatic heterocycles. The lowest BCUT2D eigenvalue weighted by atomic mass is 9.83. The van der Waals surface area contributed by atoms with Gasteiger partial charge in [0.1, 0.15) is 35.6 Å². The molecule has 2 aromatic carbocycles. The molecule has 0 saturated carbocycles. The molecular formula is C26H27ClF4N2O5. The summed E-state index contributed by atoms with van der Waals surface area (Å²) in [6, 6.07) is 8.85. The number of carbonyl (C=O) groups excluding carboxylic acids is 2. The topological polar surface area (TPSA) is 77.1 Å². The van der Waals surface area contributed by atoms with E-state index in [9.17, 15) is 27.2 Å². The van der Waals surface area contributed by atoms with Crippen molar-refractivity contribution in [2.45, 2.75) is 50.5 Å². The van der Waals surface area contributed by atoms with Crippen molar-refractivity contribution >= 4 is 29.2 Å². The number of rotatable bonds is 7. The average Bonchev–Trinajstić information content (AvgIpc) is 2.85. The number of benzene rings is 2. The number of anilines is 1. The number of halogens is 5. The molecule has 1 amide bonds. The van der Waals surface area contributed by atoms with E-state index < -0.39 is 36.6 Å². The fourth-order valence-electron chi connectivity index (χ4n) is 4.71. The second-order valence-corrected chi connectivity index (χ2v) is 9.93. The van der Waals surface area contributed by atoms with Gasteiger partial charge in [-0.3, -0.25) is 9.69 Å². The first-order chi connectivity index (χ1) is 17.9. The Morgan fingerprint density at radius 3 is 2.58 bits per heavy atom. The van der Waals surface area contributed by atoms with Crippen LogP contribution < -0.4 is 14.8 Å². The summed E-state index contributed by atoms with van der Waals surface area (Å²) in [7, 11) is 0. The van der Waals surface area contributed by atoms with Gasteiger partial charge in [-0.15, -0.1) is 0 Å². The molecule has 1 atom stereocenters. The highest BCUT2D eigenvalue weighted by Gasteiger charge is 2.44. The summed E-state index contributed by atoms with van der Waals surface area (Å²) < 4.78 is 69.2. The van der Waals surface area contributed by atoms with E-state index in [0.717, 1.165) is 36.3 Å². The van der Waals surface area contributed by atoms with Gasteiger partial charge >= 0.3 is 12.1 Å². The fourth-order valence-corrected chi connectivity index (χ4v) is 4.90. The van der Waals surface area contributed by atoms with Crippen molar-refractivity contribution in [2.75, 3.05) is 31.6 Å². The van der Waals surface area contributed by atoms with Crippen LogP contribution in [0.1, 0.15) is 31.7 Å². The standard InChI is InChI=1S/C26H27ClF4N2O5/c1-16(34)32-21-4-3-19(28)13-23(21)36-15-20(37-24(35)26(29,30)31)14-33-10-8-25(9-11-33)7-6-17-12-18(27)2-5-22(17)38-25/h2-5,12-13,20H,6-11,14-15H2,1H3,(H,32,34)/t20-/m1/s1. The molecule has 0 unspecified atom stereocenters. The molecule has 2 aliphatic rings. The third-order valence-corrected chi connectivity index (χ3v) is 6.85. The molecular weight excluding hydrogens is 532 g/mol. The number of fused-ring (bicyclic) bond motifs is 1. The number of alkyl halides is 3. The fraction of sp³-hybridized carbons (Fsp3) is 0.462. The lowest BCUT2D eigenvalue weighted by Crippen LogP contribution is -2.52. The van der Waals surface area contributed by atoms with Gasteiger partial charge in [-0.05, 0) is 61.6 Å². The lowest BCUT2D eigenvalue weighted by Gasteiger charge is -2.45. The van der Waals surface area contributed by atoms with Gasteiger partial charge in [0.15, 0.2) is 0 Å². The van der Waals surface area contributed by atoms with Crippen molar-refractivity contribution in [3.63, 3.8) is 0 Å². The van der Waals surface area contributed by atoms with E-state index in [-0.39, 0.29) is 23.6 Å². The monoisotopic (exact) mass is 558 g/mol. The number of ether oxygens (including phenoxy) is 3. The molecule has 7 nitrogen and oxygen atoms in total. The van der Waals surface area contributed by atoms with Crippen LogP contribution in [0.4, 0.5) is 23.2 Å². The predicted octanol–water partition coefficient (Wildman–Crippen LogP) is 5.15. The zero-order valence-corrected chi connectivity index (χ0v) is 21.3. The minimum absolute atomic E-state index is 0.0329. The number of amides is 1. The van der Waals surface area contributed by atoms with Gasteiger partial charge in [-0.1, -0.05) is 11.6 Å². The maximum Gasteiger partial charge on any atom is 0.490 e. The van der Waals surface area contributed by atoms with E-state index in [0.29, 0.717) is 31.0 Å². The number of nitrogens with one attached hydrogen (secondary N) is 1. The van der Waals surface area contributed by atoms with Crippen molar-refractivity contribution in [1.82, 2.24) is 4.90 Å². The third-order valence-electron chi connectivity index (χ3n) is 6.61. The second kappa shape index (κ2) is 11.4. The lowest BCUT2D eigenvalue weighted by molar-refractivity contribution is -0.207. The predicted molar refractivity (Wildman–Crippen MR) is 131 cm³/mol. The Morgan fingerprint density at radius 1 is 1.16 bits per heavy atom. The Morgan fingerprint density at radius 2 is 1.89 bits per heavy atom. The number of likely N-dealkylation sites (tertiary alicyclic amines) is 1. The van der Waals surface area contributed by atoms with Gasteiger partial charge in [0.2, 0.25) is 5.91 Å². The number of esters is 1. The van der Waals surface area contributed by atoms with E-state index in [1.807, 2.05) is 17.0 Å². The summed E-state index contributed by atoms with van der Waals surface area (Å²) in [5.41, 5.74) is 0.786. The zero-order valence-electron chi connectivity index (χ0n) is 20.6. The molecule has 0 aromatic heterocycles. The molecule has 2 heterocycles. The van der Waals surface area contributed by atoms with Crippen LogP contribution in [0.25, 0.3) is 0 Å². The molecule has 0 aliphatic carbocycles. The average molecular weight is 559 g/mol. The highest BCUT2D eigenvalue weighted by molar-refractivity contribution is 6.30. The Labute approximate surface area is 222 Å². The van der Waals surface area contributed by atoms with Gasteiger partial charge in [0, 0.05) is 37.6 Å². The van der Waals surface area contributed by atoms with Crippen LogP contribution in [0, 0.1) is 5.82 Å². The maximum atomic E-state index is 13.8. The van der Waals surface area contributed by atoms with Crippen molar-refractivity contribution in [3.8, 4) is 11.5 Å². The summed E-state index contributed by atoms with van der Waals surface area (Å²) in [5.74, 6) is -2.77. The van der Waals surface area contributed by atoms with Crippen LogP contribution in [0.15, 0.2) is 36.4 Å². The molecule has 1 fully saturated rings. The number of hydrogen-bond acceptors (Lipinski definition) is 6. The minimum Gasteiger partial charge on any atom is -0.487 e. The first kappa shape index (κ1) is 28.0. The number of nitrogens with zero attached hydrogens (tertiary/aromatic N) is 1. The van der Waals surface area contributed by atoms with Crippen LogP contribution >= 0.6 is 11.6 Å². The summed E-state index contributed by atoms with van der Waals surface area (Å²) >= 11 is 6.07. The number of piperidine rings is 1. The number of hydrogen-bond donors (Lipinski definition) is 1. The molecule has 1 N–H and O–H groups in total. The normalized spacial score (nSPS) is 17.7. The largest absolute Gasteiger partial charge is 0.490 e. The van der Waals surface area contributed by atoms with E-state index in [1.165, 1.54) is 13.0 Å². The molecule has 38 heavy (non-hydrogen) atoms. The molecule has 1 spiro atoms. The summed E-state index contributed by atoms with van der Waals surface area (Å²) in [5, 5.41) is 3.10. The van der Waals surface area contributed by atoms with E-state index in [4.69, 9.17) is 25.8 Å². The Bertz CT molecular complexity index is 1180. The van der Waals surface area contributed by atoms with Gasteiger partial charge in [-0.2, -0.15) is 13.2 Å². The number of aryl methyl sites for hydroxylation is 1. The van der Waals surface area contributed by atoms with Crippen molar-refractivity contribution in [1.29, 1.82) is 0 Å². The van der Waals surface area contributed by atoms with Gasteiger partial charge in [-0.25, -0.2) is 9.18 Å². The quantitative estimate of drug-likeness (QED) is 0.374. The van der Waals surface area contributed by atoms with Gasteiger partial charge in [0.05, 0.1) is 5.69 Å². The molecule has 0 bridgehead atoms. The van der Waals surface area contributed by atoms with Crippen LogP contribution in [0.2, 0.25) is 5.02 Å². The molecule has 1 saturated heterocycles. The summed E-state index contributed by atoms with van der Waals surface area (Å²) in [4.78, 5) is 24.9. The van der Waals surface area contributed by atoms with Crippen molar-refractivity contribution in [3.05, 3.63) is 52.8 Å². The van der Waals surface area contributed by atoms with E-state index >= 15 is 0 Å². The molecule has 206 valence electrons. The SMILES string of the molecule is CC(=O)Nc1ccc(F)cc1OC[C@@H](CN1CCC2(CCc3cc(Cl)ccc3O2)CC1)OC(=O)C(F)(F)F. The van der Waals surface area contributed by atoms with Gasteiger partial charge < -0.3 is 19.5 Å². The Kier molecular flexibility index (Phi) is 8.37. The van der Waals surface area contributed by atoms with Gasteiger partial charge in [0.25, 0.3) is 0 Å². The van der Waals surface area contributed by atoms with E-state index in [1.54, 1.807) is 6.07 Å². The molecule has 2 aromatic rings. The zero-order chi connectivity index (χ0) is 27.5. The smallest absolute Gasteiger partial charge is 0.487 e. The third kappa shape index (κ3) is 7.08. The van der Waals surface area contributed by atoms with Crippen molar-refractivity contribution < 1.29 is 41.4 Å². The first-order valence-electron chi connectivity index (χ1n) is 12.1. The number of carbonyl (C=O) groups is 2. The minimum atomic E-state index is -5.18. The maximum absolute atomic E-state index is 13.8. The van der Waals surface area contributed by atoms with Crippen molar-refractivity contribution in [2.24, 2.45) is 0 Å². The highest BCUT2D eigenvalue weighted by Crippen LogP contribution is 2.40. The Hall–Kier alpha value is -3.05. The molecule has 0 radical (unpaired) electrons. The molecule has 4 rings (SSSR count). The van der Waals surface area contributed by atoms with Crippen LogP contribution in [-0.2, 0) is 20.7 Å². The second-order valence-electron chi connectivity index (χ2n) is 9.50. The van der Waals surface area contributed by atoms with Crippen LogP contribution in [0.5, 0.6) is 11.5 Å².